The van der Waals surface area contributed by atoms with E-state index < -0.39 is 17.7 Å². The Labute approximate surface area is 109 Å². The van der Waals surface area contributed by atoms with Gasteiger partial charge in [0, 0.05) is 18.8 Å². The van der Waals surface area contributed by atoms with E-state index in [9.17, 15) is 14.4 Å². The van der Waals surface area contributed by atoms with E-state index in [2.05, 4.69) is 5.32 Å². The number of anilines is 1. The van der Waals surface area contributed by atoms with Crippen LogP contribution < -0.4 is 16.4 Å². The van der Waals surface area contributed by atoms with E-state index in [0.29, 0.717) is 6.42 Å². The zero-order valence-corrected chi connectivity index (χ0v) is 10.2. The van der Waals surface area contributed by atoms with Crippen LogP contribution in [0.2, 0.25) is 0 Å². The molecule has 0 aliphatic carbocycles. The Morgan fingerprint density at radius 1 is 1.16 bits per heavy atom. The summed E-state index contributed by atoms with van der Waals surface area (Å²) in [5.74, 6) is -2.73. The molecule has 0 aromatic heterocycles. The van der Waals surface area contributed by atoms with Crippen molar-refractivity contribution >= 4 is 23.4 Å². The molecule has 0 aliphatic heterocycles. The first kappa shape index (κ1) is 14.7. The molecule has 0 saturated carbocycles. The van der Waals surface area contributed by atoms with Crippen LogP contribution in [0.1, 0.15) is 16.8 Å². The van der Waals surface area contributed by atoms with E-state index in [1.54, 1.807) is 12.1 Å². The van der Waals surface area contributed by atoms with Crippen molar-refractivity contribution in [3.8, 4) is 0 Å². The number of nitrogen functional groups attached to an aromatic ring is 1. The molecule has 1 aromatic rings. The van der Waals surface area contributed by atoms with Gasteiger partial charge in [0.1, 0.15) is 0 Å². The fourth-order valence-electron chi connectivity index (χ4n) is 1.29. The third kappa shape index (κ3) is 4.40. The van der Waals surface area contributed by atoms with Gasteiger partial charge in [0.05, 0.1) is 5.56 Å². The summed E-state index contributed by atoms with van der Waals surface area (Å²) in [7, 11) is 0. The average Bonchev–Trinajstić information content (AvgIpc) is 2.39. The number of imide groups is 1. The van der Waals surface area contributed by atoms with Gasteiger partial charge in [0.2, 0.25) is 0 Å². The number of benzene rings is 1. The van der Waals surface area contributed by atoms with E-state index in [-0.39, 0.29) is 24.4 Å². The molecular formula is C12H15N3O4. The van der Waals surface area contributed by atoms with Crippen molar-refractivity contribution in [3.63, 3.8) is 0 Å². The van der Waals surface area contributed by atoms with Crippen LogP contribution in [0.3, 0.4) is 0 Å². The topological polar surface area (TPSA) is 122 Å². The predicted octanol–water partition coefficient (Wildman–Crippen LogP) is -0.976. The number of aliphatic hydroxyl groups is 1. The lowest BCUT2D eigenvalue weighted by Gasteiger charge is -2.06. The van der Waals surface area contributed by atoms with E-state index in [1.807, 2.05) is 5.32 Å². The highest BCUT2D eigenvalue weighted by atomic mass is 16.3. The van der Waals surface area contributed by atoms with Gasteiger partial charge in [0.25, 0.3) is 5.91 Å². The molecule has 0 fully saturated rings. The number of carbonyl (C=O) groups is 3. The summed E-state index contributed by atoms with van der Waals surface area (Å²) in [6.07, 6.45) is 0.332. The summed E-state index contributed by atoms with van der Waals surface area (Å²) >= 11 is 0. The molecule has 0 radical (unpaired) electrons. The monoisotopic (exact) mass is 265 g/mol. The van der Waals surface area contributed by atoms with Crippen molar-refractivity contribution < 1.29 is 19.5 Å². The molecule has 5 N–H and O–H groups in total. The second-order valence-electron chi connectivity index (χ2n) is 3.70. The van der Waals surface area contributed by atoms with Gasteiger partial charge in [-0.05, 0) is 18.6 Å². The van der Waals surface area contributed by atoms with Gasteiger partial charge in [-0.1, -0.05) is 12.1 Å². The third-order valence-electron chi connectivity index (χ3n) is 2.26. The first-order valence-corrected chi connectivity index (χ1v) is 5.65. The lowest BCUT2D eigenvalue weighted by molar-refractivity contribution is -0.138. The molecule has 7 heteroatoms. The maximum Gasteiger partial charge on any atom is 0.316 e. The van der Waals surface area contributed by atoms with Crippen LogP contribution in [-0.2, 0) is 9.59 Å². The Bertz CT molecular complexity index is 488. The number of hydrogen-bond acceptors (Lipinski definition) is 5. The van der Waals surface area contributed by atoms with Crippen molar-refractivity contribution in [2.45, 2.75) is 6.42 Å². The quantitative estimate of drug-likeness (QED) is 0.317. The Morgan fingerprint density at radius 2 is 1.84 bits per heavy atom. The molecule has 1 rings (SSSR count). The summed E-state index contributed by atoms with van der Waals surface area (Å²) < 4.78 is 0. The maximum absolute atomic E-state index is 11.7. The van der Waals surface area contributed by atoms with Crippen LogP contribution in [0, 0.1) is 0 Å². The minimum absolute atomic E-state index is 0.0959. The van der Waals surface area contributed by atoms with Gasteiger partial charge >= 0.3 is 11.8 Å². The molecule has 0 atom stereocenters. The van der Waals surface area contributed by atoms with Crippen LogP contribution in [-0.4, -0.2) is 36.0 Å². The van der Waals surface area contributed by atoms with Crippen LogP contribution >= 0.6 is 0 Å². The smallest absolute Gasteiger partial charge is 0.316 e. The SMILES string of the molecule is Nc1ccccc1C(=O)NC(=O)C(=O)NCCCO. The van der Waals surface area contributed by atoms with Gasteiger partial charge in [0.15, 0.2) is 0 Å². The molecule has 1 aromatic carbocycles. The van der Waals surface area contributed by atoms with Crippen molar-refractivity contribution in [2.24, 2.45) is 0 Å². The van der Waals surface area contributed by atoms with Crippen molar-refractivity contribution in [2.75, 3.05) is 18.9 Å². The van der Waals surface area contributed by atoms with Crippen LogP contribution in [0.5, 0.6) is 0 Å². The summed E-state index contributed by atoms with van der Waals surface area (Å²) in [6, 6.07) is 6.20. The first-order chi connectivity index (χ1) is 9.06. The zero-order valence-electron chi connectivity index (χ0n) is 10.2. The summed E-state index contributed by atoms with van der Waals surface area (Å²) in [4.78, 5) is 34.3. The molecule has 0 aliphatic rings. The summed E-state index contributed by atoms with van der Waals surface area (Å²) in [6.45, 7) is 0.0613. The second-order valence-corrected chi connectivity index (χ2v) is 3.70. The summed E-state index contributed by atoms with van der Waals surface area (Å²) in [5.41, 5.74) is 5.91. The van der Waals surface area contributed by atoms with E-state index in [4.69, 9.17) is 10.8 Å². The highest BCUT2D eigenvalue weighted by Crippen LogP contribution is 2.09. The van der Waals surface area contributed by atoms with Crippen LogP contribution in [0.4, 0.5) is 5.69 Å². The van der Waals surface area contributed by atoms with Gasteiger partial charge in [-0.2, -0.15) is 0 Å². The fraction of sp³-hybridized carbons (Fsp3) is 0.250. The van der Waals surface area contributed by atoms with Gasteiger partial charge in [-0.3, -0.25) is 19.7 Å². The Balaban J connectivity index is 2.55. The molecule has 19 heavy (non-hydrogen) atoms. The molecule has 0 saturated heterocycles. The third-order valence-corrected chi connectivity index (χ3v) is 2.26. The number of hydrogen-bond donors (Lipinski definition) is 4. The normalized spacial score (nSPS) is 9.74. The number of nitrogens with one attached hydrogen (secondary N) is 2. The van der Waals surface area contributed by atoms with E-state index in [0.717, 1.165) is 0 Å². The fourth-order valence-corrected chi connectivity index (χ4v) is 1.29. The predicted molar refractivity (Wildman–Crippen MR) is 68.0 cm³/mol. The number of amides is 3. The number of para-hydroxylation sites is 1. The molecule has 3 amide bonds. The maximum atomic E-state index is 11.7. The number of aliphatic hydroxyl groups excluding tert-OH is 1. The van der Waals surface area contributed by atoms with E-state index >= 15 is 0 Å². The first-order valence-electron chi connectivity index (χ1n) is 5.65. The van der Waals surface area contributed by atoms with Crippen molar-refractivity contribution in [1.29, 1.82) is 0 Å². The molecular weight excluding hydrogens is 250 g/mol. The lowest BCUT2D eigenvalue weighted by atomic mass is 10.1. The lowest BCUT2D eigenvalue weighted by Crippen LogP contribution is -2.43. The van der Waals surface area contributed by atoms with Gasteiger partial charge < -0.3 is 16.2 Å². The summed E-state index contributed by atoms with van der Waals surface area (Å²) in [5, 5.41) is 12.7. The Kier molecular flexibility index (Phi) is 5.49. The average molecular weight is 265 g/mol. The molecule has 0 unspecified atom stereocenters. The Morgan fingerprint density at radius 3 is 2.47 bits per heavy atom. The van der Waals surface area contributed by atoms with Crippen molar-refractivity contribution in [3.05, 3.63) is 29.8 Å². The van der Waals surface area contributed by atoms with E-state index in [1.165, 1.54) is 12.1 Å². The van der Waals surface area contributed by atoms with Crippen molar-refractivity contribution in [1.82, 2.24) is 10.6 Å². The molecule has 7 nitrogen and oxygen atoms in total. The highest BCUT2D eigenvalue weighted by Gasteiger charge is 2.18. The Hall–Kier alpha value is -2.41. The number of nitrogens with two attached hydrogens (primary N) is 1. The van der Waals surface area contributed by atoms with Gasteiger partial charge in [-0.15, -0.1) is 0 Å². The second kappa shape index (κ2) is 7.12. The number of carbonyl (C=O) groups excluding carboxylic acids is 3. The largest absolute Gasteiger partial charge is 0.398 e. The van der Waals surface area contributed by atoms with Gasteiger partial charge in [-0.25, -0.2) is 0 Å². The number of rotatable bonds is 4. The molecule has 102 valence electrons. The standard InChI is InChI=1S/C12H15N3O4/c13-9-5-2-1-4-8(9)10(17)15-12(19)11(18)14-6-3-7-16/h1-2,4-5,16H,3,6-7,13H2,(H,14,18)(H,15,17,19). The minimum Gasteiger partial charge on any atom is -0.398 e. The molecule has 0 bridgehead atoms. The molecule has 0 spiro atoms. The van der Waals surface area contributed by atoms with Crippen LogP contribution in [0.25, 0.3) is 0 Å². The molecule has 0 heterocycles. The minimum atomic E-state index is -1.06. The van der Waals surface area contributed by atoms with Crippen LogP contribution in [0.15, 0.2) is 24.3 Å². The highest BCUT2D eigenvalue weighted by molar-refractivity contribution is 6.38. The zero-order chi connectivity index (χ0) is 14.3.